The third-order valence-corrected chi connectivity index (χ3v) is 4.26. The zero-order valence-electron chi connectivity index (χ0n) is 11.1. The van der Waals surface area contributed by atoms with Gasteiger partial charge in [0.25, 0.3) is 0 Å². The SMILES string of the molecule is Oc1cc2c(cc1O)C1c3cc(F)ccc3CNC1CO2. The smallest absolute Gasteiger partial charge is 0.161 e. The van der Waals surface area contributed by atoms with Gasteiger partial charge in [-0.05, 0) is 29.3 Å². The Morgan fingerprint density at radius 2 is 1.90 bits per heavy atom. The lowest BCUT2D eigenvalue weighted by Gasteiger charge is -2.39. The molecular formula is C16H14FNO3. The normalized spacial score (nSPS) is 22.7. The van der Waals surface area contributed by atoms with E-state index in [4.69, 9.17) is 4.74 Å². The maximum atomic E-state index is 13.6. The van der Waals surface area contributed by atoms with Gasteiger partial charge < -0.3 is 20.3 Å². The molecule has 2 aliphatic heterocycles. The molecule has 4 rings (SSSR count). The molecule has 0 radical (unpaired) electrons. The van der Waals surface area contributed by atoms with E-state index in [1.165, 1.54) is 18.2 Å². The molecule has 0 fully saturated rings. The fourth-order valence-corrected chi connectivity index (χ4v) is 3.25. The summed E-state index contributed by atoms with van der Waals surface area (Å²) in [6.45, 7) is 1.11. The maximum Gasteiger partial charge on any atom is 0.161 e. The predicted molar refractivity (Wildman–Crippen MR) is 74.1 cm³/mol. The van der Waals surface area contributed by atoms with E-state index in [1.54, 1.807) is 12.1 Å². The summed E-state index contributed by atoms with van der Waals surface area (Å²) in [5, 5.41) is 22.8. The predicted octanol–water partition coefficient (Wildman–Crippen LogP) is 2.23. The zero-order valence-corrected chi connectivity index (χ0v) is 11.1. The molecule has 0 amide bonds. The number of phenols is 2. The van der Waals surface area contributed by atoms with E-state index in [1.807, 2.05) is 0 Å². The van der Waals surface area contributed by atoms with Gasteiger partial charge in [-0.3, -0.25) is 0 Å². The van der Waals surface area contributed by atoms with Crippen molar-refractivity contribution in [3.05, 3.63) is 52.8 Å². The molecule has 2 unspecified atom stereocenters. The Bertz CT molecular complexity index is 732. The zero-order chi connectivity index (χ0) is 14.6. The van der Waals surface area contributed by atoms with Crippen LogP contribution in [0.4, 0.5) is 4.39 Å². The van der Waals surface area contributed by atoms with Crippen LogP contribution in [0.1, 0.15) is 22.6 Å². The fourth-order valence-electron chi connectivity index (χ4n) is 3.25. The highest BCUT2D eigenvalue weighted by molar-refractivity contribution is 5.56. The molecule has 2 aromatic carbocycles. The molecule has 2 atom stereocenters. The van der Waals surface area contributed by atoms with Crippen molar-refractivity contribution in [3.8, 4) is 17.2 Å². The number of nitrogens with one attached hydrogen (secondary N) is 1. The summed E-state index contributed by atoms with van der Waals surface area (Å²) in [5.41, 5.74) is 2.71. The first-order chi connectivity index (χ1) is 10.1. The molecule has 2 aliphatic rings. The van der Waals surface area contributed by atoms with Gasteiger partial charge >= 0.3 is 0 Å². The van der Waals surface area contributed by atoms with Crippen molar-refractivity contribution < 1.29 is 19.3 Å². The molecule has 0 aliphatic carbocycles. The summed E-state index contributed by atoms with van der Waals surface area (Å²) < 4.78 is 19.3. The highest BCUT2D eigenvalue weighted by Crippen LogP contribution is 2.45. The number of hydrogen-bond acceptors (Lipinski definition) is 4. The lowest BCUT2D eigenvalue weighted by molar-refractivity contribution is 0.214. The van der Waals surface area contributed by atoms with E-state index in [0.717, 1.165) is 16.7 Å². The molecule has 2 aromatic rings. The molecule has 0 spiro atoms. The second-order valence-electron chi connectivity index (χ2n) is 5.50. The largest absolute Gasteiger partial charge is 0.504 e. The Labute approximate surface area is 120 Å². The van der Waals surface area contributed by atoms with Crippen molar-refractivity contribution in [1.29, 1.82) is 0 Å². The minimum Gasteiger partial charge on any atom is -0.504 e. The van der Waals surface area contributed by atoms with Crippen LogP contribution >= 0.6 is 0 Å². The minimum absolute atomic E-state index is 0.0238. The van der Waals surface area contributed by atoms with E-state index in [9.17, 15) is 14.6 Å². The molecule has 0 aromatic heterocycles. The molecule has 21 heavy (non-hydrogen) atoms. The average Bonchev–Trinajstić information content (AvgIpc) is 2.48. The number of phenolic OH excluding ortho intramolecular Hbond substituents is 2. The molecule has 108 valence electrons. The highest BCUT2D eigenvalue weighted by atomic mass is 19.1. The second-order valence-corrected chi connectivity index (χ2v) is 5.50. The standard InChI is InChI=1S/C16H14FNO3/c17-9-2-1-8-6-18-12-7-21-15-5-14(20)13(19)4-11(15)16(12)10(8)3-9/h1-5,12,16,18-20H,6-7H2. The highest BCUT2D eigenvalue weighted by Gasteiger charge is 2.37. The molecule has 2 heterocycles. The first-order valence-electron chi connectivity index (χ1n) is 6.84. The number of rotatable bonds is 0. The summed E-state index contributed by atoms with van der Waals surface area (Å²) in [6.07, 6.45) is 0. The fraction of sp³-hybridized carbons (Fsp3) is 0.250. The molecule has 3 N–H and O–H groups in total. The molecule has 0 bridgehead atoms. The van der Waals surface area contributed by atoms with E-state index >= 15 is 0 Å². The molecule has 0 saturated carbocycles. The van der Waals surface area contributed by atoms with Gasteiger partial charge in [0.1, 0.15) is 18.2 Å². The minimum atomic E-state index is -0.273. The first kappa shape index (κ1) is 12.5. The third-order valence-electron chi connectivity index (χ3n) is 4.26. The Morgan fingerprint density at radius 3 is 2.76 bits per heavy atom. The lowest BCUT2D eigenvalue weighted by Crippen LogP contribution is -2.46. The van der Waals surface area contributed by atoms with Crippen LogP contribution in [0.15, 0.2) is 30.3 Å². The van der Waals surface area contributed by atoms with Gasteiger partial charge in [-0.15, -0.1) is 0 Å². The van der Waals surface area contributed by atoms with Crippen LogP contribution in [0, 0.1) is 5.82 Å². The van der Waals surface area contributed by atoms with Crippen LogP contribution in [-0.2, 0) is 6.54 Å². The Hall–Kier alpha value is -2.27. The van der Waals surface area contributed by atoms with Gasteiger partial charge in [0.05, 0.1) is 6.04 Å². The van der Waals surface area contributed by atoms with Crippen LogP contribution in [0.3, 0.4) is 0 Å². The maximum absolute atomic E-state index is 13.6. The van der Waals surface area contributed by atoms with Crippen molar-refractivity contribution in [3.63, 3.8) is 0 Å². The van der Waals surface area contributed by atoms with E-state index in [2.05, 4.69) is 5.32 Å². The van der Waals surface area contributed by atoms with E-state index < -0.39 is 0 Å². The first-order valence-corrected chi connectivity index (χ1v) is 6.84. The topological polar surface area (TPSA) is 61.7 Å². The van der Waals surface area contributed by atoms with Gasteiger partial charge in [-0.2, -0.15) is 0 Å². The van der Waals surface area contributed by atoms with Crippen molar-refractivity contribution in [2.45, 2.75) is 18.5 Å². The molecular weight excluding hydrogens is 273 g/mol. The van der Waals surface area contributed by atoms with Crippen molar-refractivity contribution >= 4 is 0 Å². The summed E-state index contributed by atoms with van der Waals surface area (Å²) in [5.74, 6) is -0.243. The Balaban J connectivity index is 1.92. The van der Waals surface area contributed by atoms with Gasteiger partial charge in [0, 0.05) is 24.1 Å². The van der Waals surface area contributed by atoms with Crippen molar-refractivity contribution in [1.82, 2.24) is 5.32 Å². The summed E-state index contributed by atoms with van der Waals surface area (Å²) >= 11 is 0. The Kier molecular flexibility index (Phi) is 2.59. The van der Waals surface area contributed by atoms with E-state index in [0.29, 0.717) is 18.9 Å². The number of hydrogen-bond donors (Lipinski definition) is 3. The number of aromatic hydroxyl groups is 2. The van der Waals surface area contributed by atoms with Crippen LogP contribution < -0.4 is 10.1 Å². The number of halogens is 1. The summed E-state index contributed by atoms with van der Waals surface area (Å²) in [7, 11) is 0. The van der Waals surface area contributed by atoms with Gasteiger partial charge in [0.2, 0.25) is 0 Å². The number of ether oxygens (including phenoxy) is 1. The number of benzene rings is 2. The monoisotopic (exact) mass is 287 g/mol. The van der Waals surface area contributed by atoms with Gasteiger partial charge in [-0.1, -0.05) is 6.07 Å². The number of fused-ring (bicyclic) bond motifs is 5. The quantitative estimate of drug-likeness (QED) is 0.650. The van der Waals surface area contributed by atoms with Crippen LogP contribution in [0.2, 0.25) is 0 Å². The van der Waals surface area contributed by atoms with Gasteiger partial charge in [-0.25, -0.2) is 4.39 Å². The summed E-state index contributed by atoms with van der Waals surface area (Å²) in [6, 6.07) is 7.72. The van der Waals surface area contributed by atoms with Gasteiger partial charge in [0.15, 0.2) is 11.5 Å². The van der Waals surface area contributed by atoms with Crippen LogP contribution in [0.5, 0.6) is 17.2 Å². The lowest BCUT2D eigenvalue weighted by atomic mass is 9.78. The second kappa shape index (κ2) is 4.36. The third kappa shape index (κ3) is 1.85. The van der Waals surface area contributed by atoms with Crippen molar-refractivity contribution in [2.75, 3.05) is 6.61 Å². The van der Waals surface area contributed by atoms with E-state index in [-0.39, 0.29) is 29.3 Å². The van der Waals surface area contributed by atoms with Crippen LogP contribution in [0.25, 0.3) is 0 Å². The molecule has 4 nitrogen and oxygen atoms in total. The Morgan fingerprint density at radius 1 is 1.10 bits per heavy atom. The average molecular weight is 287 g/mol. The summed E-state index contributed by atoms with van der Waals surface area (Å²) in [4.78, 5) is 0. The van der Waals surface area contributed by atoms with Crippen molar-refractivity contribution in [2.24, 2.45) is 0 Å². The van der Waals surface area contributed by atoms with Crippen LogP contribution in [-0.4, -0.2) is 22.9 Å². The molecule has 5 heteroatoms. The molecule has 0 saturated heterocycles.